The highest BCUT2D eigenvalue weighted by atomic mass is 16.6. The average molecular weight is 345 g/mol. The van der Waals surface area contributed by atoms with Gasteiger partial charge in [-0.3, -0.25) is 10.1 Å². The van der Waals surface area contributed by atoms with Crippen molar-refractivity contribution in [1.82, 2.24) is 14.5 Å². The highest BCUT2D eigenvalue weighted by Crippen LogP contribution is 2.31. The second-order valence-corrected chi connectivity index (χ2v) is 6.02. The molecular formula is C19H15N5O2. The van der Waals surface area contributed by atoms with Crippen LogP contribution in [0.1, 0.15) is 5.56 Å². The van der Waals surface area contributed by atoms with Crippen molar-refractivity contribution in [2.45, 2.75) is 6.92 Å². The van der Waals surface area contributed by atoms with Gasteiger partial charge in [0, 0.05) is 29.8 Å². The Morgan fingerprint density at radius 3 is 2.69 bits per heavy atom. The third-order valence-electron chi connectivity index (χ3n) is 4.36. The fourth-order valence-corrected chi connectivity index (χ4v) is 3.02. The number of nitrogen functional groups attached to an aromatic ring is 1. The van der Waals surface area contributed by atoms with E-state index in [4.69, 9.17) is 5.73 Å². The Labute approximate surface area is 148 Å². The zero-order chi connectivity index (χ0) is 18.3. The first-order chi connectivity index (χ1) is 12.5. The Balaban J connectivity index is 1.90. The number of benzene rings is 2. The monoisotopic (exact) mass is 345 g/mol. The molecule has 128 valence electrons. The van der Waals surface area contributed by atoms with Gasteiger partial charge in [0.15, 0.2) is 0 Å². The Bertz CT molecular complexity index is 1150. The van der Waals surface area contributed by atoms with Gasteiger partial charge in [-0.05, 0) is 35.7 Å². The number of nitrogens with zero attached hydrogens (tertiary/aromatic N) is 4. The lowest BCUT2D eigenvalue weighted by Gasteiger charge is -2.09. The predicted molar refractivity (Wildman–Crippen MR) is 100 cm³/mol. The van der Waals surface area contributed by atoms with Crippen molar-refractivity contribution >= 4 is 22.4 Å². The summed E-state index contributed by atoms with van der Waals surface area (Å²) in [5, 5.41) is 12.1. The number of hydrogen-bond donors (Lipinski definition) is 1. The number of anilines is 1. The van der Waals surface area contributed by atoms with Crippen LogP contribution in [0.3, 0.4) is 0 Å². The van der Waals surface area contributed by atoms with Gasteiger partial charge < -0.3 is 10.3 Å². The Hall–Kier alpha value is -3.74. The first-order valence-electron chi connectivity index (χ1n) is 7.97. The largest absolute Gasteiger partial charge is 0.384 e. The topological polar surface area (TPSA) is 99.9 Å². The van der Waals surface area contributed by atoms with Crippen molar-refractivity contribution in [2.75, 3.05) is 5.73 Å². The van der Waals surface area contributed by atoms with E-state index in [1.807, 2.05) is 42.0 Å². The highest BCUT2D eigenvalue weighted by Gasteiger charge is 2.12. The third kappa shape index (κ3) is 2.65. The van der Waals surface area contributed by atoms with Gasteiger partial charge in [0.25, 0.3) is 5.69 Å². The molecule has 0 spiro atoms. The summed E-state index contributed by atoms with van der Waals surface area (Å²) in [6.45, 7) is 1.94. The van der Waals surface area contributed by atoms with E-state index < -0.39 is 0 Å². The van der Waals surface area contributed by atoms with E-state index >= 15 is 0 Å². The van der Waals surface area contributed by atoms with Crippen LogP contribution in [0, 0.1) is 17.0 Å². The lowest BCUT2D eigenvalue weighted by atomic mass is 9.99. The molecule has 4 aromatic rings. The second-order valence-electron chi connectivity index (χ2n) is 6.02. The Morgan fingerprint density at radius 2 is 1.92 bits per heavy atom. The summed E-state index contributed by atoms with van der Waals surface area (Å²) in [6, 6.07) is 14.5. The van der Waals surface area contributed by atoms with Crippen molar-refractivity contribution in [1.29, 1.82) is 0 Å². The van der Waals surface area contributed by atoms with Gasteiger partial charge in [0.05, 0.1) is 10.4 Å². The van der Waals surface area contributed by atoms with Crippen LogP contribution in [0.2, 0.25) is 0 Å². The quantitative estimate of drug-likeness (QED) is 0.448. The molecule has 2 aromatic heterocycles. The van der Waals surface area contributed by atoms with Crippen LogP contribution in [-0.4, -0.2) is 19.5 Å². The van der Waals surface area contributed by atoms with Gasteiger partial charge in [-0.1, -0.05) is 18.2 Å². The van der Waals surface area contributed by atoms with E-state index in [1.54, 1.807) is 18.2 Å². The molecule has 2 heterocycles. The molecule has 0 amide bonds. The van der Waals surface area contributed by atoms with Crippen LogP contribution in [0.4, 0.5) is 11.5 Å². The summed E-state index contributed by atoms with van der Waals surface area (Å²) in [5.41, 5.74) is 9.48. The number of fused-ring (bicyclic) bond motifs is 1. The van der Waals surface area contributed by atoms with E-state index in [0.717, 1.165) is 27.6 Å². The SMILES string of the molecule is Cc1ccc([N+](=O)[O-])cc1-c1ccc2ccn(-c3cc(N)ncn3)c2c1. The number of aromatic nitrogens is 3. The fourth-order valence-electron chi connectivity index (χ4n) is 3.02. The number of aryl methyl sites for hydroxylation is 1. The number of nitrogens with two attached hydrogens (primary N) is 1. The molecule has 4 rings (SSSR count). The van der Waals surface area contributed by atoms with E-state index in [1.165, 1.54) is 12.4 Å². The summed E-state index contributed by atoms with van der Waals surface area (Å²) >= 11 is 0. The lowest BCUT2D eigenvalue weighted by molar-refractivity contribution is -0.384. The third-order valence-corrected chi connectivity index (χ3v) is 4.36. The molecule has 0 saturated heterocycles. The van der Waals surface area contributed by atoms with Gasteiger partial charge in [-0.2, -0.15) is 0 Å². The molecule has 0 unspecified atom stereocenters. The van der Waals surface area contributed by atoms with Crippen LogP contribution in [-0.2, 0) is 0 Å². The van der Waals surface area contributed by atoms with Crippen molar-refractivity contribution in [3.63, 3.8) is 0 Å². The number of nitro groups is 1. The van der Waals surface area contributed by atoms with Crippen molar-refractivity contribution < 1.29 is 4.92 Å². The van der Waals surface area contributed by atoms with E-state index in [2.05, 4.69) is 9.97 Å². The van der Waals surface area contributed by atoms with Gasteiger partial charge in [0.2, 0.25) is 0 Å². The molecule has 0 bridgehead atoms. The Kier molecular flexibility index (Phi) is 3.62. The van der Waals surface area contributed by atoms with Gasteiger partial charge in [0.1, 0.15) is 18.0 Å². The maximum Gasteiger partial charge on any atom is 0.270 e. The molecule has 7 heteroatoms. The number of rotatable bonds is 3. The number of hydrogen-bond acceptors (Lipinski definition) is 5. The van der Waals surface area contributed by atoms with Gasteiger partial charge in [-0.15, -0.1) is 0 Å². The molecule has 2 aromatic carbocycles. The first kappa shape index (κ1) is 15.8. The molecular weight excluding hydrogens is 330 g/mol. The number of nitro benzene ring substituents is 1. The first-order valence-corrected chi connectivity index (χ1v) is 7.97. The minimum atomic E-state index is -0.381. The van der Waals surface area contributed by atoms with Crippen LogP contribution in [0.5, 0.6) is 0 Å². The molecule has 0 fully saturated rings. The van der Waals surface area contributed by atoms with E-state index in [9.17, 15) is 10.1 Å². The van der Waals surface area contributed by atoms with Crippen LogP contribution < -0.4 is 5.73 Å². The predicted octanol–water partition coefficient (Wildman–Crippen LogP) is 3.89. The normalized spacial score (nSPS) is 11.0. The summed E-state index contributed by atoms with van der Waals surface area (Å²) in [7, 11) is 0. The maximum absolute atomic E-state index is 11.1. The molecule has 2 N–H and O–H groups in total. The number of non-ortho nitro benzene ring substituents is 1. The molecule has 0 aliphatic heterocycles. The summed E-state index contributed by atoms with van der Waals surface area (Å²) in [6.07, 6.45) is 3.33. The maximum atomic E-state index is 11.1. The molecule has 26 heavy (non-hydrogen) atoms. The molecule has 0 aliphatic rings. The van der Waals surface area contributed by atoms with Crippen LogP contribution in [0.25, 0.3) is 27.8 Å². The molecule has 0 atom stereocenters. The molecule has 0 radical (unpaired) electrons. The standard InChI is InChI=1S/C19H15N5O2/c1-12-2-5-15(24(25)26)9-16(12)14-4-3-13-6-7-23(17(13)8-14)19-10-18(20)21-11-22-19/h2-11H,1H3,(H2,20,21,22). The van der Waals surface area contributed by atoms with E-state index in [-0.39, 0.29) is 10.6 Å². The lowest BCUT2D eigenvalue weighted by Crippen LogP contribution is -1.99. The van der Waals surface area contributed by atoms with Gasteiger partial charge in [-0.25, -0.2) is 9.97 Å². The smallest absolute Gasteiger partial charge is 0.270 e. The van der Waals surface area contributed by atoms with Gasteiger partial charge >= 0.3 is 0 Å². The fraction of sp³-hybridized carbons (Fsp3) is 0.0526. The minimum Gasteiger partial charge on any atom is -0.384 e. The second kappa shape index (κ2) is 5.96. The zero-order valence-electron chi connectivity index (χ0n) is 14.0. The minimum absolute atomic E-state index is 0.0738. The summed E-state index contributed by atoms with van der Waals surface area (Å²) in [4.78, 5) is 18.9. The average Bonchev–Trinajstić information content (AvgIpc) is 3.05. The Morgan fingerprint density at radius 1 is 1.08 bits per heavy atom. The van der Waals surface area contributed by atoms with Crippen molar-refractivity contribution in [3.05, 3.63) is 76.7 Å². The summed E-state index contributed by atoms with van der Waals surface area (Å²) in [5.74, 6) is 1.06. The van der Waals surface area contributed by atoms with Crippen LogP contribution >= 0.6 is 0 Å². The van der Waals surface area contributed by atoms with Crippen molar-refractivity contribution in [3.8, 4) is 16.9 Å². The molecule has 0 aliphatic carbocycles. The van der Waals surface area contributed by atoms with Crippen LogP contribution in [0.15, 0.2) is 61.1 Å². The van der Waals surface area contributed by atoms with Crippen molar-refractivity contribution in [2.24, 2.45) is 0 Å². The highest BCUT2D eigenvalue weighted by molar-refractivity contribution is 5.87. The zero-order valence-corrected chi connectivity index (χ0v) is 14.0. The molecule has 7 nitrogen and oxygen atoms in total. The summed E-state index contributed by atoms with van der Waals surface area (Å²) < 4.78 is 1.92. The van der Waals surface area contributed by atoms with E-state index in [0.29, 0.717) is 11.6 Å². The molecule has 0 saturated carbocycles.